The van der Waals surface area contributed by atoms with Crippen molar-refractivity contribution in [2.24, 2.45) is 0 Å². The molecule has 4 heteroatoms. The van der Waals surface area contributed by atoms with E-state index in [-0.39, 0.29) is 0 Å². The van der Waals surface area contributed by atoms with Crippen LogP contribution in [-0.2, 0) is 0 Å². The molecule has 10 aromatic carbocycles. The van der Waals surface area contributed by atoms with E-state index in [1.165, 1.54) is 26.9 Å². The van der Waals surface area contributed by atoms with Gasteiger partial charge in [-0.25, -0.2) is 15.0 Å². The van der Waals surface area contributed by atoms with Crippen molar-refractivity contribution in [1.29, 1.82) is 0 Å². The van der Waals surface area contributed by atoms with Gasteiger partial charge >= 0.3 is 0 Å². The van der Waals surface area contributed by atoms with Crippen molar-refractivity contribution in [2.45, 2.75) is 0 Å². The third kappa shape index (κ3) is 4.91. The third-order valence-electron chi connectivity index (χ3n) is 11.5. The summed E-state index contributed by atoms with van der Waals surface area (Å²) in [6.45, 7) is 0. The Labute approximate surface area is 327 Å². The summed E-state index contributed by atoms with van der Waals surface area (Å²) in [5.41, 5.74) is 6.69. The maximum Gasteiger partial charge on any atom is 0.165 e. The van der Waals surface area contributed by atoms with Gasteiger partial charge in [0.15, 0.2) is 17.5 Å². The second kappa shape index (κ2) is 12.4. The lowest BCUT2D eigenvalue weighted by atomic mass is 9.92. The SMILES string of the molecule is c1ccc(-c2cccc(-c3nc(-c4cccc5ccccc45)nc(-c4c5ccccc5cc5oc6c(ccc7c8ccccc8c8ccccc8c76)c45)n3)c2)cc1. The molecule has 0 radical (unpaired) electrons. The largest absolute Gasteiger partial charge is 0.455 e. The number of nitrogens with zero attached hydrogens (tertiary/aromatic N) is 3. The molecule has 4 nitrogen and oxygen atoms in total. The van der Waals surface area contributed by atoms with Gasteiger partial charge in [0.05, 0.1) is 0 Å². The summed E-state index contributed by atoms with van der Waals surface area (Å²) in [7, 11) is 0. The van der Waals surface area contributed by atoms with Gasteiger partial charge in [-0.05, 0) is 77.8 Å². The number of hydrogen-bond acceptors (Lipinski definition) is 4. The molecule has 12 rings (SSSR count). The quantitative estimate of drug-likeness (QED) is 0.170. The molecule has 0 amide bonds. The lowest BCUT2D eigenvalue weighted by Gasteiger charge is -2.13. The highest BCUT2D eigenvalue weighted by Crippen LogP contribution is 2.46. The zero-order chi connectivity index (χ0) is 37.5. The molecule has 0 aliphatic heterocycles. The molecule has 0 saturated heterocycles. The van der Waals surface area contributed by atoms with Crippen LogP contribution in [0.15, 0.2) is 192 Å². The summed E-state index contributed by atoms with van der Waals surface area (Å²) in [6, 6.07) is 66.1. The van der Waals surface area contributed by atoms with Gasteiger partial charge in [-0.15, -0.1) is 0 Å². The molecule has 0 unspecified atom stereocenters. The minimum atomic E-state index is 0.598. The lowest BCUT2D eigenvalue weighted by Crippen LogP contribution is -2.01. The molecule has 57 heavy (non-hydrogen) atoms. The van der Waals surface area contributed by atoms with E-state index >= 15 is 0 Å². The number of hydrogen-bond donors (Lipinski definition) is 0. The predicted molar refractivity (Wildman–Crippen MR) is 236 cm³/mol. The van der Waals surface area contributed by atoms with Crippen LogP contribution in [0, 0.1) is 0 Å². The molecule has 0 N–H and O–H groups in total. The average Bonchev–Trinajstić information content (AvgIpc) is 3.66. The molecular formula is C53H31N3O. The Morgan fingerprint density at radius 2 is 0.860 bits per heavy atom. The van der Waals surface area contributed by atoms with Gasteiger partial charge in [-0.3, -0.25) is 0 Å². The zero-order valence-corrected chi connectivity index (χ0v) is 30.6. The molecule has 0 fully saturated rings. The molecule has 0 atom stereocenters. The van der Waals surface area contributed by atoms with Gasteiger partial charge < -0.3 is 4.42 Å². The molecule has 0 spiro atoms. The van der Waals surface area contributed by atoms with Crippen molar-refractivity contribution in [3.63, 3.8) is 0 Å². The summed E-state index contributed by atoms with van der Waals surface area (Å²) >= 11 is 0. The first kappa shape index (κ1) is 31.6. The van der Waals surface area contributed by atoms with Crippen molar-refractivity contribution in [1.82, 2.24) is 15.0 Å². The van der Waals surface area contributed by atoms with E-state index in [4.69, 9.17) is 19.4 Å². The summed E-state index contributed by atoms with van der Waals surface area (Å²) < 4.78 is 7.07. The van der Waals surface area contributed by atoms with E-state index in [2.05, 4.69) is 182 Å². The van der Waals surface area contributed by atoms with Crippen LogP contribution in [0.2, 0.25) is 0 Å². The maximum atomic E-state index is 7.07. The van der Waals surface area contributed by atoms with Crippen molar-refractivity contribution in [2.75, 3.05) is 0 Å². The van der Waals surface area contributed by atoms with Gasteiger partial charge in [0.2, 0.25) is 0 Å². The standard InChI is InChI=1S/C53H31N3O/c1-2-14-32(15-3-1)34-19-12-20-36(30-34)51-54-52(44-27-13-18-33-16-4-6-21-37(33)44)56-53(55-51)49-38-22-7-5-17-35(38)31-46-48(49)45-29-28-43-41-25-9-8-23-39(41)40-24-10-11-26-42(40)47(43)50(45)57-46/h1-31H. The number of furan rings is 1. The number of aromatic nitrogens is 3. The van der Waals surface area contributed by atoms with E-state index in [1.807, 2.05) is 6.07 Å². The fourth-order valence-corrected chi connectivity index (χ4v) is 8.90. The van der Waals surface area contributed by atoms with Crippen LogP contribution in [0.25, 0.3) is 121 Å². The van der Waals surface area contributed by atoms with Crippen LogP contribution in [0.1, 0.15) is 0 Å². The second-order valence-corrected chi connectivity index (χ2v) is 14.7. The molecule has 0 saturated carbocycles. The Bertz CT molecular complexity index is 3550. The monoisotopic (exact) mass is 725 g/mol. The van der Waals surface area contributed by atoms with Gasteiger partial charge in [-0.1, -0.05) is 170 Å². The molecular weight excluding hydrogens is 695 g/mol. The number of fused-ring (bicyclic) bond motifs is 12. The molecule has 0 aliphatic carbocycles. The Balaban J connectivity index is 1.20. The normalized spacial score (nSPS) is 11.9. The summed E-state index contributed by atoms with van der Waals surface area (Å²) in [6.07, 6.45) is 0. The van der Waals surface area contributed by atoms with E-state index in [9.17, 15) is 0 Å². The first-order valence-electron chi connectivity index (χ1n) is 19.3. The van der Waals surface area contributed by atoms with Gasteiger partial charge in [0.1, 0.15) is 11.2 Å². The predicted octanol–water partition coefficient (Wildman–Crippen LogP) is 14.2. The lowest BCUT2D eigenvalue weighted by molar-refractivity contribution is 0.673. The highest BCUT2D eigenvalue weighted by atomic mass is 16.3. The van der Waals surface area contributed by atoms with Crippen LogP contribution in [0.5, 0.6) is 0 Å². The van der Waals surface area contributed by atoms with Gasteiger partial charge in [0.25, 0.3) is 0 Å². The molecule has 0 bridgehead atoms. The number of rotatable bonds is 4. The Kier molecular flexibility index (Phi) is 6.89. The van der Waals surface area contributed by atoms with Crippen molar-refractivity contribution in [3.8, 4) is 45.3 Å². The summed E-state index contributed by atoms with van der Waals surface area (Å²) in [4.78, 5) is 16.0. The minimum Gasteiger partial charge on any atom is -0.455 e. The third-order valence-corrected chi connectivity index (χ3v) is 11.5. The van der Waals surface area contributed by atoms with E-state index in [1.54, 1.807) is 0 Å². The fraction of sp³-hybridized carbons (Fsp3) is 0. The van der Waals surface area contributed by atoms with Crippen LogP contribution >= 0.6 is 0 Å². The van der Waals surface area contributed by atoms with Gasteiger partial charge in [0, 0.05) is 32.8 Å². The van der Waals surface area contributed by atoms with E-state index < -0.39 is 0 Å². The molecule has 2 aromatic heterocycles. The van der Waals surface area contributed by atoms with Crippen LogP contribution < -0.4 is 0 Å². The molecule has 12 aromatic rings. The highest BCUT2D eigenvalue weighted by molar-refractivity contribution is 6.33. The molecule has 2 heterocycles. The van der Waals surface area contributed by atoms with Crippen LogP contribution in [0.4, 0.5) is 0 Å². The Morgan fingerprint density at radius 3 is 1.67 bits per heavy atom. The van der Waals surface area contributed by atoms with Crippen LogP contribution in [-0.4, -0.2) is 15.0 Å². The van der Waals surface area contributed by atoms with Crippen LogP contribution in [0.3, 0.4) is 0 Å². The van der Waals surface area contributed by atoms with Crippen molar-refractivity contribution in [3.05, 3.63) is 188 Å². The summed E-state index contributed by atoms with van der Waals surface area (Å²) in [5.74, 6) is 1.83. The van der Waals surface area contributed by atoms with E-state index in [0.717, 1.165) is 76.7 Å². The average molecular weight is 726 g/mol. The topological polar surface area (TPSA) is 51.8 Å². The van der Waals surface area contributed by atoms with Crippen molar-refractivity contribution >= 4 is 75.8 Å². The van der Waals surface area contributed by atoms with Crippen molar-refractivity contribution < 1.29 is 4.42 Å². The number of benzene rings is 10. The first-order chi connectivity index (χ1) is 28.3. The zero-order valence-electron chi connectivity index (χ0n) is 30.6. The Morgan fingerprint density at radius 1 is 0.316 bits per heavy atom. The minimum absolute atomic E-state index is 0.598. The second-order valence-electron chi connectivity index (χ2n) is 14.7. The maximum absolute atomic E-state index is 7.07. The fourth-order valence-electron chi connectivity index (χ4n) is 8.90. The molecule has 0 aliphatic rings. The smallest absolute Gasteiger partial charge is 0.165 e. The van der Waals surface area contributed by atoms with E-state index in [0.29, 0.717) is 17.5 Å². The Hall–Kier alpha value is -7.69. The first-order valence-corrected chi connectivity index (χ1v) is 19.3. The molecule has 264 valence electrons. The van der Waals surface area contributed by atoms with Gasteiger partial charge in [-0.2, -0.15) is 0 Å². The highest BCUT2D eigenvalue weighted by Gasteiger charge is 2.23. The summed E-state index contributed by atoms with van der Waals surface area (Å²) in [5, 5.41) is 13.4.